The average Bonchev–Trinajstić information content (AvgIpc) is 3.16. The van der Waals surface area contributed by atoms with Gasteiger partial charge in [-0.2, -0.15) is 0 Å². The largest absolute Gasteiger partial charge is 0.325 e. The first-order chi connectivity index (χ1) is 14.7. The average molecular weight is 435 g/mol. The van der Waals surface area contributed by atoms with Crippen LogP contribution in [-0.2, 0) is 11.2 Å². The molecule has 0 spiro atoms. The number of carbonyl (C=O) groups excluding carboxylic acids is 1. The number of benzene rings is 3. The number of amides is 1. The minimum atomic E-state index is -0.130. The summed E-state index contributed by atoms with van der Waals surface area (Å²) in [6, 6.07) is 27.2. The van der Waals surface area contributed by atoms with Crippen molar-refractivity contribution in [1.82, 2.24) is 14.8 Å². The summed E-state index contributed by atoms with van der Waals surface area (Å²) in [7, 11) is 0. The molecule has 150 valence electrons. The summed E-state index contributed by atoms with van der Waals surface area (Å²) >= 11 is 7.33. The Hall–Kier alpha value is -3.09. The highest BCUT2D eigenvalue weighted by molar-refractivity contribution is 7.99. The van der Waals surface area contributed by atoms with Crippen LogP contribution in [0.3, 0.4) is 0 Å². The van der Waals surface area contributed by atoms with Crippen molar-refractivity contribution in [2.75, 3.05) is 11.1 Å². The van der Waals surface area contributed by atoms with Crippen molar-refractivity contribution in [1.29, 1.82) is 0 Å². The molecule has 3 aromatic carbocycles. The molecule has 0 atom stereocenters. The van der Waals surface area contributed by atoms with E-state index in [-0.39, 0.29) is 11.7 Å². The summed E-state index contributed by atoms with van der Waals surface area (Å²) in [4.78, 5) is 12.4. The second-order valence-corrected chi connectivity index (χ2v) is 7.96. The van der Waals surface area contributed by atoms with Gasteiger partial charge in [0.15, 0.2) is 5.16 Å². The fraction of sp³-hybridized carbons (Fsp3) is 0.0870. The van der Waals surface area contributed by atoms with Gasteiger partial charge in [-0.15, -0.1) is 10.2 Å². The predicted octanol–water partition coefficient (Wildman–Crippen LogP) is 5.24. The molecular formula is C23H19ClN4OS. The lowest BCUT2D eigenvalue weighted by atomic mass is 10.1. The van der Waals surface area contributed by atoms with E-state index in [1.165, 1.54) is 11.8 Å². The third-order valence-corrected chi connectivity index (χ3v) is 5.52. The highest BCUT2D eigenvalue weighted by Gasteiger charge is 2.16. The highest BCUT2D eigenvalue weighted by Crippen LogP contribution is 2.24. The Morgan fingerprint density at radius 1 is 0.933 bits per heavy atom. The molecule has 1 heterocycles. The number of carbonyl (C=O) groups is 1. The fourth-order valence-corrected chi connectivity index (χ4v) is 3.98. The number of nitrogens with one attached hydrogen (secondary N) is 1. The van der Waals surface area contributed by atoms with Crippen LogP contribution in [0.4, 0.5) is 5.69 Å². The predicted molar refractivity (Wildman–Crippen MR) is 121 cm³/mol. The summed E-state index contributed by atoms with van der Waals surface area (Å²) in [5.41, 5.74) is 2.78. The molecule has 4 aromatic rings. The Morgan fingerprint density at radius 2 is 1.67 bits per heavy atom. The minimum absolute atomic E-state index is 0.130. The molecule has 4 rings (SSSR count). The van der Waals surface area contributed by atoms with Gasteiger partial charge in [0.25, 0.3) is 0 Å². The van der Waals surface area contributed by atoms with Crippen LogP contribution in [0.1, 0.15) is 11.4 Å². The first-order valence-corrected chi connectivity index (χ1v) is 10.8. The number of hydrogen-bond donors (Lipinski definition) is 1. The standard InChI is InChI=1S/C23H19ClN4OS/c24-18-10-7-11-19(15-18)25-22(29)16-30-23-27-26-21(14-17-8-3-1-4-9-17)28(23)20-12-5-2-6-13-20/h1-13,15H,14,16H2,(H,25,29). The topological polar surface area (TPSA) is 59.8 Å². The molecule has 0 fully saturated rings. The van der Waals surface area contributed by atoms with Gasteiger partial charge in [0.05, 0.1) is 5.75 Å². The number of thioether (sulfide) groups is 1. The number of nitrogens with zero attached hydrogens (tertiary/aromatic N) is 3. The summed E-state index contributed by atoms with van der Waals surface area (Å²) in [6.07, 6.45) is 0.651. The Morgan fingerprint density at radius 3 is 2.40 bits per heavy atom. The molecule has 0 aliphatic carbocycles. The van der Waals surface area contributed by atoms with Gasteiger partial charge in [0, 0.05) is 22.8 Å². The van der Waals surface area contributed by atoms with Gasteiger partial charge in [-0.3, -0.25) is 9.36 Å². The zero-order valence-electron chi connectivity index (χ0n) is 16.0. The van der Waals surface area contributed by atoms with Crippen LogP contribution in [0, 0.1) is 0 Å². The van der Waals surface area contributed by atoms with Crippen molar-refractivity contribution in [3.8, 4) is 5.69 Å². The maximum absolute atomic E-state index is 12.4. The van der Waals surface area contributed by atoms with Crippen LogP contribution in [0.2, 0.25) is 5.02 Å². The number of aromatic nitrogens is 3. The Bertz CT molecular complexity index is 1130. The lowest BCUT2D eigenvalue weighted by Crippen LogP contribution is -2.14. The third kappa shape index (κ3) is 5.09. The normalized spacial score (nSPS) is 10.7. The lowest BCUT2D eigenvalue weighted by Gasteiger charge is -2.10. The maximum Gasteiger partial charge on any atom is 0.234 e. The second-order valence-electron chi connectivity index (χ2n) is 6.58. The third-order valence-electron chi connectivity index (χ3n) is 4.36. The molecule has 0 saturated heterocycles. The van der Waals surface area contributed by atoms with Crippen molar-refractivity contribution in [3.63, 3.8) is 0 Å². The zero-order chi connectivity index (χ0) is 20.8. The van der Waals surface area contributed by atoms with Gasteiger partial charge >= 0.3 is 0 Å². The molecule has 0 radical (unpaired) electrons. The van der Waals surface area contributed by atoms with Gasteiger partial charge in [-0.05, 0) is 35.9 Å². The molecular weight excluding hydrogens is 416 g/mol. The Labute approximate surface area is 184 Å². The molecule has 0 bridgehead atoms. The first-order valence-electron chi connectivity index (χ1n) is 9.41. The van der Waals surface area contributed by atoms with E-state index in [1.807, 2.05) is 53.1 Å². The van der Waals surface area contributed by atoms with Crippen LogP contribution < -0.4 is 5.32 Å². The zero-order valence-corrected chi connectivity index (χ0v) is 17.6. The van der Waals surface area contributed by atoms with E-state index in [1.54, 1.807) is 24.3 Å². The summed E-state index contributed by atoms with van der Waals surface area (Å²) in [5, 5.41) is 12.9. The quantitative estimate of drug-likeness (QED) is 0.404. The van der Waals surface area contributed by atoms with Gasteiger partial charge in [-0.25, -0.2) is 0 Å². The van der Waals surface area contributed by atoms with Crippen molar-refractivity contribution in [2.24, 2.45) is 0 Å². The molecule has 30 heavy (non-hydrogen) atoms. The molecule has 0 unspecified atom stereocenters. The van der Waals surface area contributed by atoms with Crippen molar-refractivity contribution in [2.45, 2.75) is 11.6 Å². The van der Waals surface area contributed by atoms with E-state index < -0.39 is 0 Å². The molecule has 1 N–H and O–H groups in total. The number of rotatable bonds is 7. The van der Waals surface area contributed by atoms with E-state index in [0.717, 1.165) is 17.1 Å². The van der Waals surface area contributed by atoms with Gasteiger partial charge in [0.1, 0.15) is 5.82 Å². The van der Waals surface area contributed by atoms with Crippen LogP contribution in [-0.4, -0.2) is 26.4 Å². The minimum Gasteiger partial charge on any atom is -0.325 e. The van der Waals surface area contributed by atoms with Crippen LogP contribution in [0.5, 0.6) is 0 Å². The van der Waals surface area contributed by atoms with Crippen LogP contribution in [0.15, 0.2) is 90.1 Å². The molecule has 1 amide bonds. The second kappa shape index (κ2) is 9.61. The molecule has 1 aromatic heterocycles. The van der Waals surface area contributed by atoms with E-state index in [4.69, 9.17) is 11.6 Å². The van der Waals surface area contributed by atoms with E-state index in [0.29, 0.717) is 22.3 Å². The SMILES string of the molecule is O=C(CSc1nnc(Cc2ccccc2)n1-c1ccccc1)Nc1cccc(Cl)c1. The van der Waals surface area contributed by atoms with Crippen molar-refractivity contribution in [3.05, 3.63) is 101 Å². The van der Waals surface area contributed by atoms with Crippen molar-refractivity contribution < 1.29 is 4.79 Å². The summed E-state index contributed by atoms with van der Waals surface area (Å²) in [5.74, 6) is 0.905. The van der Waals surface area contributed by atoms with Gasteiger partial charge in [0.2, 0.25) is 5.91 Å². The van der Waals surface area contributed by atoms with Gasteiger partial charge < -0.3 is 5.32 Å². The van der Waals surface area contributed by atoms with Gasteiger partial charge in [-0.1, -0.05) is 78.0 Å². The van der Waals surface area contributed by atoms with E-state index in [2.05, 4.69) is 27.6 Å². The number of halogens is 1. The fourth-order valence-electron chi connectivity index (χ4n) is 3.02. The first kappa shape index (κ1) is 20.2. The summed E-state index contributed by atoms with van der Waals surface area (Å²) < 4.78 is 2.00. The van der Waals surface area contributed by atoms with E-state index >= 15 is 0 Å². The number of hydrogen-bond acceptors (Lipinski definition) is 4. The monoisotopic (exact) mass is 434 g/mol. The Kier molecular flexibility index (Phi) is 6.47. The summed E-state index contributed by atoms with van der Waals surface area (Å²) in [6.45, 7) is 0. The van der Waals surface area contributed by atoms with Crippen LogP contribution in [0.25, 0.3) is 5.69 Å². The molecule has 7 heteroatoms. The Balaban J connectivity index is 1.53. The molecule has 0 aliphatic rings. The van der Waals surface area contributed by atoms with Crippen LogP contribution >= 0.6 is 23.4 Å². The smallest absolute Gasteiger partial charge is 0.234 e. The molecule has 0 saturated carbocycles. The number of anilines is 1. The van der Waals surface area contributed by atoms with Crippen molar-refractivity contribution >= 4 is 35.0 Å². The highest BCUT2D eigenvalue weighted by atomic mass is 35.5. The lowest BCUT2D eigenvalue weighted by molar-refractivity contribution is -0.113. The molecule has 5 nitrogen and oxygen atoms in total. The maximum atomic E-state index is 12.4. The molecule has 0 aliphatic heterocycles. The number of para-hydroxylation sites is 1. The van der Waals surface area contributed by atoms with E-state index in [9.17, 15) is 4.79 Å².